The minimum atomic E-state index is -0.324. The van der Waals surface area contributed by atoms with Crippen LogP contribution in [0.2, 0.25) is 0 Å². The Morgan fingerprint density at radius 1 is 1.25 bits per heavy atom. The van der Waals surface area contributed by atoms with E-state index in [1.54, 1.807) is 11.3 Å². The molecule has 1 saturated carbocycles. The lowest BCUT2D eigenvalue weighted by molar-refractivity contribution is 0.144. The molecule has 0 spiro atoms. The maximum absolute atomic E-state index is 10.2. The summed E-state index contributed by atoms with van der Waals surface area (Å²) in [5.41, 5.74) is 2.49. The maximum atomic E-state index is 10.2. The first-order valence-electron chi connectivity index (χ1n) is 6.94. The van der Waals surface area contributed by atoms with E-state index in [4.69, 9.17) is 5.84 Å². The van der Waals surface area contributed by atoms with Crippen LogP contribution in [0, 0.1) is 0 Å². The zero-order chi connectivity index (χ0) is 13.9. The number of nitrogens with one attached hydrogen (secondary N) is 2. The molecule has 3 rings (SSSR count). The predicted octanol–water partition coefficient (Wildman–Crippen LogP) is 2.08. The number of fused-ring (bicyclic) bond motifs is 1. The van der Waals surface area contributed by atoms with Crippen molar-refractivity contribution in [1.29, 1.82) is 0 Å². The lowest BCUT2D eigenvalue weighted by atomic mass is 10.1. The van der Waals surface area contributed by atoms with Gasteiger partial charge >= 0.3 is 0 Å². The number of anilines is 2. The summed E-state index contributed by atoms with van der Waals surface area (Å²) in [5.74, 6) is 6.56. The van der Waals surface area contributed by atoms with Gasteiger partial charge in [0, 0.05) is 0 Å². The summed E-state index contributed by atoms with van der Waals surface area (Å²) in [6.07, 6.45) is 4.89. The third-order valence-corrected chi connectivity index (χ3v) is 4.56. The SMILES string of the molecule is NNc1nc(NC2CCCCCC2O)c2ccsc2n1. The first-order valence-corrected chi connectivity index (χ1v) is 7.82. The van der Waals surface area contributed by atoms with Crippen LogP contribution in [0.4, 0.5) is 11.8 Å². The van der Waals surface area contributed by atoms with Crippen molar-refractivity contribution in [2.75, 3.05) is 10.7 Å². The fourth-order valence-corrected chi connectivity index (χ4v) is 3.43. The first kappa shape index (κ1) is 13.5. The van der Waals surface area contributed by atoms with E-state index < -0.39 is 0 Å². The average Bonchev–Trinajstić information content (AvgIpc) is 2.84. The molecule has 1 fully saturated rings. The molecule has 0 aliphatic heterocycles. The van der Waals surface area contributed by atoms with Crippen molar-refractivity contribution in [3.63, 3.8) is 0 Å². The molecule has 1 aliphatic rings. The van der Waals surface area contributed by atoms with E-state index in [2.05, 4.69) is 20.7 Å². The van der Waals surface area contributed by atoms with E-state index in [1.165, 1.54) is 6.42 Å². The Bertz CT molecular complexity index is 587. The van der Waals surface area contributed by atoms with Crippen LogP contribution >= 0.6 is 11.3 Å². The Hall–Kier alpha value is -1.44. The highest BCUT2D eigenvalue weighted by molar-refractivity contribution is 7.16. The highest BCUT2D eigenvalue weighted by Gasteiger charge is 2.23. The molecule has 6 nitrogen and oxygen atoms in total. The summed E-state index contributed by atoms with van der Waals surface area (Å²) in [6.45, 7) is 0. The topological polar surface area (TPSA) is 96.1 Å². The molecule has 20 heavy (non-hydrogen) atoms. The van der Waals surface area contributed by atoms with Gasteiger partial charge in [-0.1, -0.05) is 19.3 Å². The van der Waals surface area contributed by atoms with Crippen LogP contribution in [0.25, 0.3) is 10.2 Å². The normalized spacial score (nSPS) is 23.5. The van der Waals surface area contributed by atoms with E-state index in [-0.39, 0.29) is 12.1 Å². The van der Waals surface area contributed by atoms with Crippen LogP contribution in [-0.2, 0) is 0 Å². The second-order valence-corrected chi connectivity index (χ2v) is 6.03. The molecule has 0 bridgehead atoms. The Morgan fingerprint density at radius 2 is 2.10 bits per heavy atom. The highest BCUT2D eigenvalue weighted by atomic mass is 32.1. The van der Waals surface area contributed by atoms with E-state index in [0.29, 0.717) is 5.95 Å². The number of hydrogen-bond donors (Lipinski definition) is 4. The fourth-order valence-electron chi connectivity index (χ4n) is 2.66. The van der Waals surface area contributed by atoms with Crippen LogP contribution in [0.5, 0.6) is 0 Å². The number of thiophene rings is 1. The number of rotatable bonds is 3. The lowest BCUT2D eigenvalue weighted by Crippen LogP contribution is -2.33. The van der Waals surface area contributed by atoms with Gasteiger partial charge in [-0.05, 0) is 24.3 Å². The number of nitrogens with two attached hydrogens (primary N) is 1. The van der Waals surface area contributed by atoms with Gasteiger partial charge in [0.1, 0.15) is 10.6 Å². The zero-order valence-corrected chi connectivity index (χ0v) is 12.0. The number of hydrogen-bond acceptors (Lipinski definition) is 7. The molecule has 7 heteroatoms. The maximum Gasteiger partial charge on any atom is 0.240 e. The van der Waals surface area contributed by atoms with Crippen LogP contribution in [0.1, 0.15) is 32.1 Å². The zero-order valence-electron chi connectivity index (χ0n) is 11.2. The number of aliphatic hydroxyl groups is 1. The van der Waals surface area contributed by atoms with E-state index in [0.717, 1.165) is 41.7 Å². The smallest absolute Gasteiger partial charge is 0.240 e. The van der Waals surface area contributed by atoms with Crippen LogP contribution in [0.3, 0.4) is 0 Å². The molecule has 0 amide bonds. The van der Waals surface area contributed by atoms with Gasteiger partial charge in [0.15, 0.2) is 0 Å². The number of aromatic nitrogens is 2. The summed E-state index contributed by atoms with van der Waals surface area (Å²) in [6, 6.07) is 2.03. The molecular weight excluding hydrogens is 274 g/mol. The summed E-state index contributed by atoms with van der Waals surface area (Å²) in [4.78, 5) is 9.59. The van der Waals surface area contributed by atoms with Crippen molar-refractivity contribution in [3.8, 4) is 0 Å². The largest absolute Gasteiger partial charge is 0.391 e. The Balaban J connectivity index is 1.90. The third kappa shape index (κ3) is 2.70. The molecule has 0 saturated heterocycles. The van der Waals surface area contributed by atoms with Gasteiger partial charge in [0.05, 0.1) is 17.5 Å². The van der Waals surface area contributed by atoms with Crippen molar-refractivity contribution in [3.05, 3.63) is 11.4 Å². The van der Waals surface area contributed by atoms with Crippen LogP contribution < -0.4 is 16.6 Å². The van der Waals surface area contributed by atoms with Gasteiger partial charge in [-0.25, -0.2) is 10.8 Å². The standard InChI is InChI=1S/C13H19N5OS/c14-18-13-16-11(8-6-7-20-12(8)17-13)15-9-4-2-1-3-5-10(9)19/h6-7,9-10,19H,1-5,14H2,(H2,15,16,17,18). The highest BCUT2D eigenvalue weighted by Crippen LogP contribution is 2.29. The molecule has 2 atom stereocenters. The molecule has 5 N–H and O–H groups in total. The minimum absolute atomic E-state index is 0.0427. The summed E-state index contributed by atoms with van der Waals surface area (Å²) >= 11 is 1.55. The van der Waals surface area contributed by atoms with Crippen molar-refractivity contribution in [2.45, 2.75) is 44.2 Å². The van der Waals surface area contributed by atoms with Gasteiger partial charge < -0.3 is 10.4 Å². The molecule has 2 aromatic heterocycles. The van der Waals surface area contributed by atoms with Gasteiger partial charge in [-0.15, -0.1) is 11.3 Å². The Labute approximate surface area is 121 Å². The molecule has 2 unspecified atom stereocenters. The van der Waals surface area contributed by atoms with E-state index in [9.17, 15) is 5.11 Å². The molecular formula is C13H19N5OS. The monoisotopic (exact) mass is 293 g/mol. The van der Waals surface area contributed by atoms with Crippen molar-refractivity contribution in [1.82, 2.24) is 9.97 Å². The molecule has 108 valence electrons. The molecule has 1 aliphatic carbocycles. The number of nitrogen functional groups attached to an aromatic ring is 1. The summed E-state index contributed by atoms with van der Waals surface area (Å²) in [7, 11) is 0. The van der Waals surface area contributed by atoms with Crippen molar-refractivity contribution in [2.24, 2.45) is 5.84 Å². The first-order chi connectivity index (χ1) is 9.78. The number of aliphatic hydroxyl groups excluding tert-OH is 1. The second kappa shape index (κ2) is 5.90. The number of hydrazine groups is 1. The lowest BCUT2D eigenvalue weighted by Gasteiger charge is -2.22. The number of nitrogens with zero attached hydrogens (tertiary/aromatic N) is 2. The summed E-state index contributed by atoms with van der Waals surface area (Å²) < 4.78 is 0. The molecule has 2 heterocycles. The van der Waals surface area contributed by atoms with E-state index >= 15 is 0 Å². The Kier molecular flexibility index (Phi) is 4.00. The molecule has 0 radical (unpaired) electrons. The van der Waals surface area contributed by atoms with E-state index in [1.807, 2.05) is 11.4 Å². The van der Waals surface area contributed by atoms with Crippen LogP contribution in [-0.4, -0.2) is 27.2 Å². The van der Waals surface area contributed by atoms with Gasteiger partial charge in [-0.3, -0.25) is 5.43 Å². The summed E-state index contributed by atoms with van der Waals surface area (Å²) in [5, 5.41) is 16.6. The average molecular weight is 293 g/mol. The van der Waals surface area contributed by atoms with Crippen LogP contribution in [0.15, 0.2) is 11.4 Å². The molecule has 2 aromatic rings. The van der Waals surface area contributed by atoms with Gasteiger partial charge in [0.2, 0.25) is 5.95 Å². The van der Waals surface area contributed by atoms with Crippen molar-refractivity contribution < 1.29 is 5.11 Å². The quantitative estimate of drug-likeness (QED) is 0.393. The fraction of sp³-hybridized carbons (Fsp3) is 0.538. The third-order valence-electron chi connectivity index (χ3n) is 3.76. The Morgan fingerprint density at radius 3 is 2.95 bits per heavy atom. The van der Waals surface area contributed by atoms with Gasteiger partial charge in [-0.2, -0.15) is 4.98 Å². The minimum Gasteiger partial charge on any atom is -0.391 e. The van der Waals surface area contributed by atoms with Crippen molar-refractivity contribution >= 4 is 33.3 Å². The molecule has 0 aromatic carbocycles. The second-order valence-electron chi connectivity index (χ2n) is 5.14. The van der Waals surface area contributed by atoms with Gasteiger partial charge in [0.25, 0.3) is 0 Å². The predicted molar refractivity (Wildman–Crippen MR) is 81.7 cm³/mol.